The van der Waals surface area contributed by atoms with E-state index in [2.05, 4.69) is 27.9 Å². The van der Waals surface area contributed by atoms with Gasteiger partial charge in [0.15, 0.2) is 11.7 Å². The first kappa shape index (κ1) is 20.0. The van der Waals surface area contributed by atoms with Crippen LogP contribution < -0.4 is 4.90 Å². The Morgan fingerprint density at radius 2 is 1.86 bits per heavy atom. The van der Waals surface area contributed by atoms with Crippen LogP contribution in [0, 0.1) is 17.2 Å². The van der Waals surface area contributed by atoms with E-state index >= 15 is 0 Å². The van der Waals surface area contributed by atoms with Gasteiger partial charge in [0.1, 0.15) is 5.69 Å². The minimum atomic E-state index is -1.09. The molecule has 2 atom stereocenters. The molecule has 1 aliphatic rings. The van der Waals surface area contributed by atoms with Crippen molar-refractivity contribution in [2.75, 3.05) is 44.7 Å². The minimum Gasteiger partial charge on any atom is -0.464 e. The molecule has 1 aromatic heterocycles. The molecule has 0 radical (unpaired) electrons. The van der Waals surface area contributed by atoms with Gasteiger partial charge in [-0.05, 0) is 25.1 Å². The molecule has 1 saturated heterocycles. The number of piperazine rings is 1. The van der Waals surface area contributed by atoms with Crippen LogP contribution in [0.25, 0.3) is 11.0 Å². The first-order chi connectivity index (χ1) is 13.5. The van der Waals surface area contributed by atoms with E-state index in [1.54, 1.807) is 0 Å². The minimum absolute atomic E-state index is 0.253. The van der Waals surface area contributed by atoms with Gasteiger partial charge >= 0.3 is 5.97 Å². The molecule has 28 heavy (non-hydrogen) atoms. The zero-order valence-electron chi connectivity index (χ0n) is 16.8. The van der Waals surface area contributed by atoms with Crippen LogP contribution in [0.15, 0.2) is 24.3 Å². The first-order valence-electron chi connectivity index (χ1n) is 9.80. The van der Waals surface area contributed by atoms with Crippen molar-refractivity contribution in [3.63, 3.8) is 0 Å². The van der Waals surface area contributed by atoms with Gasteiger partial charge in [-0.15, -0.1) is 0 Å². The summed E-state index contributed by atoms with van der Waals surface area (Å²) in [5.41, 5.74) is 1.81. The van der Waals surface area contributed by atoms with Crippen LogP contribution in [-0.2, 0) is 9.53 Å². The van der Waals surface area contributed by atoms with Gasteiger partial charge in [-0.3, -0.25) is 4.79 Å². The highest BCUT2D eigenvalue weighted by Gasteiger charge is 2.31. The second-order valence-electron chi connectivity index (χ2n) is 7.42. The third-order valence-corrected chi connectivity index (χ3v) is 5.23. The van der Waals surface area contributed by atoms with Crippen LogP contribution in [0.4, 0.5) is 5.82 Å². The quantitative estimate of drug-likeness (QED) is 0.711. The Kier molecular flexibility index (Phi) is 6.42. The third kappa shape index (κ3) is 4.39. The van der Waals surface area contributed by atoms with E-state index in [9.17, 15) is 10.1 Å². The predicted molar refractivity (Wildman–Crippen MR) is 108 cm³/mol. The molecule has 1 aromatic carbocycles. The number of rotatable bonds is 6. The van der Waals surface area contributed by atoms with Crippen molar-refractivity contribution in [2.45, 2.75) is 26.2 Å². The van der Waals surface area contributed by atoms with Crippen molar-refractivity contribution in [3.05, 3.63) is 30.0 Å². The average molecular weight is 381 g/mol. The monoisotopic (exact) mass is 381 g/mol. The zero-order valence-corrected chi connectivity index (χ0v) is 16.8. The molecule has 1 fully saturated rings. The van der Waals surface area contributed by atoms with Crippen LogP contribution in [0.5, 0.6) is 0 Å². The number of nitriles is 1. The highest BCUT2D eigenvalue weighted by Crippen LogP contribution is 2.28. The molecule has 2 aromatic rings. The molecule has 0 spiro atoms. The Labute approximate surface area is 165 Å². The molecule has 2 heterocycles. The lowest BCUT2D eigenvalue weighted by Gasteiger charge is -2.34. The van der Waals surface area contributed by atoms with Crippen molar-refractivity contribution in [2.24, 2.45) is 5.92 Å². The van der Waals surface area contributed by atoms with Gasteiger partial charge < -0.3 is 14.5 Å². The number of hydrogen-bond donors (Lipinski definition) is 0. The lowest BCUT2D eigenvalue weighted by molar-refractivity contribution is -0.145. The Balaban J connectivity index is 1.97. The molecule has 0 unspecified atom stereocenters. The van der Waals surface area contributed by atoms with Crippen LogP contribution in [0.2, 0.25) is 0 Å². The normalized spacial score (nSPS) is 17.1. The van der Waals surface area contributed by atoms with Crippen molar-refractivity contribution in [1.29, 1.82) is 5.26 Å². The molecule has 7 heteroatoms. The number of carbonyl (C=O) groups is 1. The van der Waals surface area contributed by atoms with E-state index in [-0.39, 0.29) is 5.92 Å². The Hall–Kier alpha value is -2.72. The number of esters is 1. The first-order valence-corrected chi connectivity index (χ1v) is 9.80. The number of anilines is 1. The van der Waals surface area contributed by atoms with Gasteiger partial charge in [-0.2, -0.15) is 5.26 Å². The molecule has 1 aliphatic heterocycles. The number of hydrogen-bond acceptors (Lipinski definition) is 7. The molecule has 0 saturated carbocycles. The van der Waals surface area contributed by atoms with Gasteiger partial charge in [0, 0.05) is 26.2 Å². The molecule has 0 bridgehead atoms. The fourth-order valence-electron chi connectivity index (χ4n) is 3.10. The molecule has 7 nitrogen and oxygen atoms in total. The standard InChI is InChI=1S/C21H27N5O2/c1-4-15(2)14-28-21(27)16(13-22)19-20(26-11-9-25(3)10-12-26)24-18-8-6-5-7-17(18)23-19/h5-8,15-16H,4,9-12,14H2,1-3H3/t15-,16-/m0/s1. The smallest absolute Gasteiger partial charge is 0.329 e. The number of ether oxygens (including phenoxy) is 1. The number of nitrogens with zero attached hydrogens (tertiary/aromatic N) is 5. The highest BCUT2D eigenvalue weighted by molar-refractivity contribution is 5.85. The zero-order chi connectivity index (χ0) is 20.1. The Bertz CT molecular complexity index is 871. The molecule has 0 aliphatic carbocycles. The lowest BCUT2D eigenvalue weighted by Crippen LogP contribution is -2.45. The van der Waals surface area contributed by atoms with Gasteiger partial charge in [0.2, 0.25) is 0 Å². The summed E-state index contributed by atoms with van der Waals surface area (Å²) in [6.07, 6.45) is 0.910. The summed E-state index contributed by atoms with van der Waals surface area (Å²) in [4.78, 5) is 26.5. The number of fused-ring (bicyclic) bond motifs is 1. The predicted octanol–water partition coefficient (Wildman–Crippen LogP) is 2.58. The maximum atomic E-state index is 12.7. The van der Waals surface area contributed by atoms with E-state index in [1.807, 2.05) is 38.1 Å². The van der Waals surface area contributed by atoms with Gasteiger partial charge in [-0.25, -0.2) is 9.97 Å². The largest absolute Gasteiger partial charge is 0.464 e. The Morgan fingerprint density at radius 3 is 2.46 bits per heavy atom. The van der Waals surface area contributed by atoms with Gasteiger partial charge in [-0.1, -0.05) is 32.4 Å². The molecular weight excluding hydrogens is 354 g/mol. The fraction of sp³-hybridized carbons (Fsp3) is 0.524. The average Bonchev–Trinajstić information content (AvgIpc) is 2.72. The number of benzene rings is 1. The van der Waals surface area contributed by atoms with Crippen molar-refractivity contribution < 1.29 is 9.53 Å². The second kappa shape index (κ2) is 8.98. The van der Waals surface area contributed by atoms with Crippen molar-refractivity contribution in [3.8, 4) is 6.07 Å². The summed E-state index contributed by atoms with van der Waals surface area (Å²) < 4.78 is 5.42. The van der Waals surface area contributed by atoms with E-state index in [4.69, 9.17) is 9.72 Å². The topological polar surface area (TPSA) is 82.3 Å². The van der Waals surface area contributed by atoms with Gasteiger partial charge in [0.05, 0.1) is 23.7 Å². The van der Waals surface area contributed by atoms with Crippen LogP contribution in [0.3, 0.4) is 0 Å². The Morgan fingerprint density at radius 1 is 1.21 bits per heavy atom. The van der Waals surface area contributed by atoms with Crippen molar-refractivity contribution in [1.82, 2.24) is 14.9 Å². The fourth-order valence-corrected chi connectivity index (χ4v) is 3.10. The van der Waals surface area contributed by atoms with Gasteiger partial charge in [0.25, 0.3) is 0 Å². The molecule has 148 valence electrons. The highest BCUT2D eigenvalue weighted by atomic mass is 16.5. The van der Waals surface area contributed by atoms with Crippen molar-refractivity contribution >= 4 is 22.8 Å². The number of para-hydroxylation sites is 2. The van der Waals surface area contributed by atoms with E-state index in [0.717, 1.165) is 38.1 Å². The lowest BCUT2D eigenvalue weighted by atomic mass is 10.1. The van der Waals surface area contributed by atoms with E-state index in [0.29, 0.717) is 23.6 Å². The van der Waals surface area contributed by atoms with Crippen LogP contribution >= 0.6 is 0 Å². The summed E-state index contributed by atoms with van der Waals surface area (Å²) in [5, 5.41) is 9.76. The summed E-state index contributed by atoms with van der Waals surface area (Å²) >= 11 is 0. The number of carbonyl (C=O) groups excluding carboxylic acids is 1. The summed E-state index contributed by atoms with van der Waals surface area (Å²) in [7, 11) is 2.08. The third-order valence-electron chi connectivity index (χ3n) is 5.23. The second-order valence-corrected chi connectivity index (χ2v) is 7.42. The van der Waals surface area contributed by atoms with Crippen LogP contribution in [0.1, 0.15) is 31.9 Å². The maximum absolute atomic E-state index is 12.7. The molecule has 3 rings (SSSR count). The number of likely N-dealkylation sites (N-methyl/N-ethyl adjacent to an activating group) is 1. The van der Waals surface area contributed by atoms with Crippen LogP contribution in [-0.4, -0.2) is 60.7 Å². The molecule has 0 N–H and O–H groups in total. The number of aromatic nitrogens is 2. The summed E-state index contributed by atoms with van der Waals surface area (Å²) in [5.74, 6) is -0.777. The SMILES string of the molecule is CC[C@H](C)COC(=O)[C@@H](C#N)c1nc2ccccc2nc1N1CCN(C)CC1. The van der Waals surface area contributed by atoms with E-state index in [1.165, 1.54) is 0 Å². The maximum Gasteiger partial charge on any atom is 0.329 e. The molecular formula is C21H27N5O2. The van der Waals surface area contributed by atoms with E-state index < -0.39 is 11.9 Å². The summed E-state index contributed by atoms with van der Waals surface area (Å²) in [6.45, 7) is 7.69. The summed E-state index contributed by atoms with van der Waals surface area (Å²) in [6, 6.07) is 9.62. The molecule has 0 amide bonds.